The molecule has 5 rings (SSSR count). The van der Waals surface area contributed by atoms with Crippen molar-refractivity contribution in [3.63, 3.8) is 0 Å². The fourth-order valence-corrected chi connectivity index (χ4v) is 5.95. The van der Waals surface area contributed by atoms with E-state index in [2.05, 4.69) is 10.6 Å². The van der Waals surface area contributed by atoms with Crippen molar-refractivity contribution in [2.75, 3.05) is 5.32 Å². The van der Waals surface area contributed by atoms with Crippen LogP contribution in [-0.4, -0.2) is 16.9 Å². The van der Waals surface area contributed by atoms with Crippen LogP contribution in [0.2, 0.25) is 0 Å². The lowest BCUT2D eigenvalue weighted by molar-refractivity contribution is -0.00665. The standard InChI is InChI=1S/C18H22F2N2S2/c19-17(20)24-15-3-1-14(2-4-15)21-18(23)22-16-12-6-10-5-11(8-12)9-13(16)7-10/h1-4,10-13,16-17H,5-9H2,(H2,21,22,23). The van der Waals surface area contributed by atoms with E-state index < -0.39 is 5.76 Å². The Labute approximate surface area is 151 Å². The van der Waals surface area contributed by atoms with Crippen molar-refractivity contribution in [1.29, 1.82) is 0 Å². The molecule has 4 fully saturated rings. The lowest BCUT2D eigenvalue weighted by Crippen LogP contribution is -2.56. The fraction of sp³-hybridized carbons (Fsp3) is 0.611. The van der Waals surface area contributed by atoms with Crippen LogP contribution >= 0.6 is 24.0 Å². The first-order valence-electron chi connectivity index (χ1n) is 8.69. The Kier molecular flexibility index (Phi) is 4.69. The molecule has 0 unspecified atom stereocenters. The summed E-state index contributed by atoms with van der Waals surface area (Å²) in [5, 5.41) is 7.41. The van der Waals surface area contributed by atoms with Gasteiger partial charge in [-0.15, -0.1) is 0 Å². The number of thioether (sulfide) groups is 1. The Balaban J connectivity index is 1.33. The zero-order valence-electron chi connectivity index (χ0n) is 13.4. The molecule has 1 aromatic carbocycles. The molecule has 0 saturated heterocycles. The number of thiocarbonyl (C=S) groups is 1. The van der Waals surface area contributed by atoms with Gasteiger partial charge in [0.05, 0.1) is 0 Å². The van der Waals surface area contributed by atoms with E-state index in [0.29, 0.717) is 27.8 Å². The van der Waals surface area contributed by atoms with Gasteiger partial charge in [-0.25, -0.2) is 0 Å². The largest absolute Gasteiger partial charge is 0.359 e. The number of nitrogens with one attached hydrogen (secondary N) is 2. The highest BCUT2D eigenvalue weighted by molar-refractivity contribution is 7.99. The molecule has 0 radical (unpaired) electrons. The van der Waals surface area contributed by atoms with Gasteiger partial charge in [0.1, 0.15) is 0 Å². The molecular weight excluding hydrogens is 346 g/mol. The summed E-state index contributed by atoms with van der Waals surface area (Å²) in [7, 11) is 0. The first-order chi connectivity index (χ1) is 11.6. The summed E-state index contributed by atoms with van der Waals surface area (Å²) < 4.78 is 24.7. The highest BCUT2D eigenvalue weighted by Crippen LogP contribution is 2.53. The van der Waals surface area contributed by atoms with E-state index in [-0.39, 0.29) is 0 Å². The van der Waals surface area contributed by atoms with E-state index in [1.807, 2.05) is 0 Å². The lowest BCUT2D eigenvalue weighted by Gasteiger charge is -2.54. The second kappa shape index (κ2) is 6.79. The van der Waals surface area contributed by atoms with E-state index in [0.717, 1.165) is 29.4 Å². The van der Waals surface area contributed by atoms with Crippen LogP contribution in [-0.2, 0) is 0 Å². The van der Waals surface area contributed by atoms with Crippen molar-refractivity contribution in [2.24, 2.45) is 23.7 Å². The number of anilines is 1. The monoisotopic (exact) mass is 368 g/mol. The van der Waals surface area contributed by atoms with Crippen LogP contribution in [0.25, 0.3) is 0 Å². The predicted octanol–water partition coefficient (Wildman–Crippen LogP) is 5.11. The summed E-state index contributed by atoms with van der Waals surface area (Å²) in [6.45, 7) is 0. The van der Waals surface area contributed by atoms with Gasteiger partial charge in [0.25, 0.3) is 5.76 Å². The summed E-state index contributed by atoms with van der Waals surface area (Å²) in [5.74, 6) is 1.05. The van der Waals surface area contributed by atoms with Gasteiger partial charge >= 0.3 is 0 Å². The predicted molar refractivity (Wildman–Crippen MR) is 98.5 cm³/mol. The first kappa shape index (κ1) is 16.6. The maximum Gasteiger partial charge on any atom is 0.288 e. The zero-order chi connectivity index (χ0) is 16.7. The molecule has 0 atom stereocenters. The quantitative estimate of drug-likeness (QED) is 0.569. The van der Waals surface area contributed by atoms with Crippen molar-refractivity contribution in [3.8, 4) is 0 Å². The molecule has 4 saturated carbocycles. The lowest BCUT2D eigenvalue weighted by atomic mass is 9.54. The van der Waals surface area contributed by atoms with Crippen LogP contribution in [0.4, 0.5) is 14.5 Å². The topological polar surface area (TPSA) is 24.1 Å². The summed E-state index contributed by atoms with van der Waals surface area (Å²) in [4.78, 5) is 0.565. The zero-order valence-corrected chi connectivity index (χ0v) is 15.0. The summed E-state index contributed by atoms with van der Waals surface area (Å²) >= 11 is 6.05. The fourth-order valence-electron chi connectivity index (χ4n) is 5.20. The number of rotatable bonds is 4. The Morgan fingerprint density at radius 2 is 1.58 bits per heavy atom. The average molecular weight is 369 g/mol. The maximum absolute atomic E-state index is 12.4. The van der Waals surface area contributed by atoms with Gasteiger partial charge in [-0.2, -0.15) is 8.78 Å². The van der Waals surface area contributed by atoms with Crippen LogP contribution in [0.15, 0.2) is 29.2 Å². The molecule has 0 aliphatic heterocycles. The molecule has 4 aliphatic rings. The smallest absolute Gasteiger partial charge is 0.288 e. The highest BCUT2D eigenvalue weighted by Gasteiger charge is 2.48. The first-order valence-corrected chi connectivity index (χ1v) is 9.98. The minimum atomic E-state index is -2.39. The number of halogens is 2. The van der Waals surface area contributed by atoms with E-state index >= 15 is 0 Å². The third-order valence-corrected chi connectivity index (χ3v) is 6.80. The maximum atomic E-state index is 12.4. The molecule has 1 aromatic rings. The van der Waals surface area contributed by atoms with Crippen LogP contribution < -0.4 is 10.6 Å². The molecule has 2 N–H and O–H groups in total. The van der Waals surface area contributed by atoms with Gasteiger partial charge in [-0.3, -0.25) is 0 Å². The van der Waals surface area contributed by atoms with Gasteiger partial charge in [0.2, 0.25) is 0 Å². The molecule has 2 nitrogen and oxygen atoms in total. The molecule has 6 heteroatoms. The molecular formula is C18H22F2N2S2. The SMILES string of the molecule is FC(F)Sc1ccc(NC(=S)NC2C3CC4CC(C3)CC2C4)cc1. The molecule has 0 spiro atoms. The Morgan fingerprint density at radius 3 is 2.12 bits per heavy atom. The summed E-state index contributed by atoms with van der Waals surface area (Å²) in [5.41, 5.74) is 0.843. The molecule has 0 heterocycles. The number of hydrogen-bond donors (Lipinski definition) is 2. The molecule has 130 valence electrons. The van der Waals surface area contributed by atoms with Crippen LogP contribution in [0, 0.1) is 23.7 Å². The Bertz CT molecular complexity index is 578. The average Bonchev–Trinajstić information content (AvgIpc) is 2.51. The number of benzene rings is 1. The van der Waals surface area contributed by atoms with E-state index in [1.54, 1.807) is 24.3 Å². The van der Waals surface area contributed by atoms with Crippen LogP contribution in [0.1, 0.15) is 32.1 Å². The minimum absolute atomic E-state index is 0.506. The third-order valence-electron chi connectivity index (χ3n) is 5.86. The summed E-state index contributed by atoms with van der Waals surface area (Å²) in [6, 6.07) is 7.51. The molecule has 4 bridgehead atoms. The molecule has 24 heavy (non-hydrogen) atoms. The number of hydrogen-bond acceptors (Lipinski definition) is 2. The minimum Gasteiger partial charge on any atom is -0.359 e. The van der Waals surface area contributed by atoms with Crippen molar-refractivity contribution in [2.45, 2.75) is 48.8 Å². The van der Waals surface area contributed by atoms with Crippen molar-refractivity contribution >= 4 is 34.8 Å². The van der Waals surface area contributed by atoms with Gasteiger partial charge in [-0.1, -0.05) is 11.8 Å². The van der Waals surface area contributed by atoms with E-state index in [9.17, 15) is 8.78 Å². The van der Waals surface area contributed by atoms with Gasteiger partial charge < -0.3 is 10.6 Å². The Hall–Kier alpha value is -0.880. The van der Waals surface area contributed by atoms with E-state index in [4.69, 9.17) is 12.2 Å². The molecule has 4 aliphatic carbocycles. The summed E-state index contributed by atoms with van der Waals surface area (Å²) in [6.07, 6.45) is 6.87. The van der Waals surface area contributed by atoms with Crippen molar-refractivity contribution in [3.05, 3.63) is 24.3 Å². The third kappa shape index (κ3) is 3.54. The second-order valence-corrected chi connectivity index (χ2v) is 8.93. The molecule has 0 amide bonds. The van der Waals surface area contributed by atoms with E-state index in [1.165, 1.54) is 32.1 Å². The number of alkyl halides is 2. The van der Waals surface area contributed by atoms with Gasteiger partial charge in [0.15, 0.2) is 5.11 Å². The van der Waals surface area contributed by atoms with Crippen molar-refractivity contribution < 1.29 is 8.78 Å². The van der Waals surface area contributed by atoms with Crippen molar-refractivity contribution in [1.82, 2.24) is 5.32 Å². The van der Waals surface area contributed by atoms with Crippen LogP contribution in [0.3, 0.4) is 0 Å². The molecule has 0 aromatic heterocycles. The normalized spacial score (nSPS) is 33.7. The highest BCUT2D eigenvalue weighted by atomic mass is 32.2. The van der Waals surface area contributed by atoms with Gasteiger partial charge in [-0.05, 0) is 92.3 Å². The second-order valence-electron chi connectivity index (χ2n) is 7.46. The Morgan fingerprint density at radius 1 is 1.00 bits per heavy atom. The van der Waals surface area contributed by atoms with Crippen LogP contribution in [0.5, 0.6) is 0 Å². The van der Waals surface area contributed by atoms with Gasteiger partial charge in [0, 0.05) is 16.6 Å².